The second-order valence-corrected chi connectivity index (χ2v) is 4.82. The maximum Gasteiger partial charge on any atom is 0.252 e. The van der Waals surface area contributed by atoms with Crippen molar-refractivity contribution in [1.82, 2.24) is 15.1 Å². The highest BCUT2D eigenvalue weighted by atomic mass is 16.1. The minimum Gasteiger partial charge on any atom is -0.345 e. The number of aromatic nitrogens is 2. The summed E-state index contributed by atoms with van der Waals surface area (Å²) < 4.78 is 1.81. The molecule has 0 bridgehead atoms. The highest BCUT2D eigenvalue weighted by Crippen LogP contribution is 2.17. The van der Waals surface area contributed by atoms with E-state index in [2.05, 4.69) is 10.4 Å². The lowest BCUT2D eigenvalue weighted by atomic mass is 10.1. The number of nitrogens with one attached hydrogen (secondary N) is 1. The van der Waals surface area contributed by atoms with E-state index in [1.165, 1.54) is 0 Å². The Morgan fingerprint density at radius 3 is 2.58 bits per heavy atom. The molecule has 4 heteroatoms. The molecule has 2 aromatic rings. The number of nitrogens with zero attached hydrogens (tertiary/aromatic N) is 2. The second-order valence-electron chi connectivity index (χ2n) is 4.82. The van der Waals surface area contributed by atoms with Gasteiger partial charge in [-0.3, -0.25) is 9.48 Å². The average molecular weight is 257 g/mol. The summed E-state index contributed by atoms with van der Waals surface area (Å²) in [5, 5.41) is 7.22. The van der Waals surface area contributed by atoms with E-state index in [4.69, 9.17) is 0 Å². The van der Waals surface area contributed by atoms with Crippen LogP contribution in [-0.2, 0) is 7.05 Å². The van der Waals surface area contributed by atoms with Crippen LogP contribution in [0.3, 0.4) is 0 Å². The first kappa shape index (κ1) is 13.3. The number of hydrogen-bond donors (Lipinski definition) is 1. The van der Waals surface area contributed by atoms with Crippen molar-refractivity contribution in [2.45, 2.75) is 26.8 Å². The van der Waals surface area contributed by atoms with E-state index in [1.807, 2.05) is 56.8 Å². The molecule has 100 valence electrons. The molecule has 1 heterocycles. The number of carbonyl (C=O) groups excluding carboxylic acids is 1. The van der Waals surface area contributed by atoms with Gasteiger partial charge in [0.15, 0.2) is 0 Å². The zero-order valence-corrected chi connectivity index (χ0v) is 11.8. The molecule has 1 amide bonds. The first-order valence-electron chi connectivity index (χ1n) is 6.35. The maximum atomic E-state index is 12.2. The smallest absolute Gasteiger partial charge is 0.252 e. The van der Waals surface area contributed by atoms with Gasteiger partial charge in [0.25, 0.3) is 5.91 Å². The molecule has 0 saturated heterocycles. The van der Waals surface area contributed by atoms with E-state index < -0.39 is 0 Å². The number of benzene rings is 1. The van der Waals surface area contributed by atoms with Crippen molar-refractivity contribution >= 4 is 5.91 Å². The van der Waals surface area contributed by atoms with E-state index in [0.29, 0.717) is 0 Å². The molecule has 0 aliphatic carbocycles. The van der Waals surface area contributed by atoms with Crippen LogP contribution < -0.4 is 5.32 Å². The third-order valence-corrected chi connectivity index (χ3v) is 3.48. The van der Waals surface area contributed by atoms with Crippen molar-refractivity contribution in [2.75, 3.05) is 0 Å². The zero-order chi connectivity index (χ0) is 14.0. The molecule has 4 nitrogen and oxygen atoms in total. The number of hydrogen-bond acceptors (Lipinski definition) is 2. The van der Waals surface area contributed by atoms with Gasteiger partial charge in [-0.1, -0.05) is 18.2 Å². The largest absolute Gasteiger partial charge is 0.345 e. The molecule has 1 aromatic heterocycles. The number of aryl methyl sites for hydroxylation is 2. The van der Waals surface area contributed by atoms with Crippen molar-refractivity contribution in [2.24, 2.45) is 7.05 Å². The Kier molecular flexibility index (Phi) is 3.69. The molecule has 0 fully saturated rings. The SMILES string of the molecule is Cc1ccccc1C(=O)NC(C)c1cnn(C)c1C. The van der Waals surface area contributed by atoms with Crippen molar-refractivity contribution in [1.29, 1.82) is 0 Å². The summed E-state index contributed by atoms with van der Waals surface area (Å²) in [5.74, 6) is -0.0474. The molecule has 2 rings (SSSR count). The standard InChI is InChI=1S/C15H19N3O/c1-10-7-5-6-8-13(10)15(19)17-11(2)14-9-16-18(4)12(14)3/h5-9,11H,1-4H3,(H,17,19). The van der Waals surface area contributed by atoms with Crippen LogP contribution in [0.1, 0.15) is 40.1 Å². The van der Waals surface area contributed by atoms with Gasteiger partial charge in [0.05, 0.1) is 12.2 Å². The predicted octanol–water partition coefficient (Wildman–Crippen LogP) is 2.53. The summed E-state index contributed by atoms with van der Waals surface area (Å²) in [6, 6.07) is 7.53. The molecular formula is C15H19N3O. The van der Waals surface area contributed by atoms with Gasteiger partial charge in [0.2, 0.25) is 0 Å². The summed E-state index contributed by atoms with van der Waals surface area (Å²) >= 11 is 0. The number of amides is 1. The zero-order valence-electron chi connectivity index (χ0n) is 11.8. The van der Waals surface area contributed by atoms with Crippen LogP contribution >= 0.6 is 0 Å². The van der Waals surface area contributed by atoms with Gasteiger partial charge in [-0.15, -0.1) is 0 Å². The Balaban J connectivity index is 2.16. The predicted molar refractivity (Wildman–Crippen MR) is 75.0 cm³/mol. The lowest BCUT2D eigenvalue weighted by Gasteiger charge is -2.14. The molecule has 0 aliphatic heterocycles. The summed E-state index contributed by atoms with van der Waals surface area (Å²) in [6.07, 6.45) is 1.80. The van der Waals surface area contributed by atoms with Crippen LogP contribution in [0, 0.1) is 13.8 Å². The third-order valence-electron chi connectivity index (χ3n) is 3.48. The second kappa shape index (κ2) is 5.26. The van der Waals surface area contributed by atoms with E-state index in [1.54, 1.807) is 6.20 Å². The number of carbonyl (C=O) groups is 1. The average Bonchev–Trinajstić information content (AvgIpc) is 2.70. The summed E-state index contributed by atoms with van der Waals surface area (Å²) in [5.41, 5.74) is 3.81. The van der Waals surface area contributed by atoms with Gasteiger partial charge in [-0.05, 0) is 32.4 Å². The Morgan fingerprint density at radius 2 is 2.00 bits per heavy atom. The topological polar surface area (TPSA) is 46.9 Å². The summed E-state index contributed by atoms with van der Waals surface area (Å²) in [4.78, 5) is 12.2. The molecular weight excluding hydrogens is 238 g/mol. The van der Waals surface area contributed by atoms with Gasteiger partial charge >= 0.3 is 0 Å². The molecule has 0 spiro atoms. The first-order valence-corrected chi connectivity index (χ1v) is 6.35. The fraction of sp³-hybridized carbons (Fsp3) is 0.333. The molecule has 1 atom stereocenters. The van der Waals surface area contributed by atoms with Crippen LogP contribution in [0.25, 0.3) is 0 Å². The quantitative estimate of drug-likeness (QED) is 0.918. The lowest BCUT2D eigenvalue weighted by molar-refractivity contribution is 0.0939. The Morgan fingerprint density at radius 1 is 1.32 bits per heavy atom. The van der Waals surface area contributed by atoms with Crippen molar-refractivity contribution in [3.05, 3.63) is 52.8 Å². The van der Waals surface area contributed by atoms with Gasteiger partial charge in [-0.25, -0.2) is 0 Å². The van der Waals surface area contributed by atoms with Crippen LogP contribution in [-0.4, -0.2) is 15.7 Å². The Labute approximate surface area is 113 Å². The summed E-state index contributed by atoms with van der Waals surface area (Å²) in [6.45, 7) is 5.91. The molecule has 1 unspecified atom stereocenters. The van der Waals surface area contributed by atoms with Crippen LogP contribution in [0.15, 0.2) is 30.5 Å². The van der Waals surface area contributed by atoms with E-state index in [0.717, 1.165) is 22.4 Å². The normalized spacial score (nSPS) is 12.2. The van der Waals surface area contributed by atoms with Crippen molar-refractivity contribution in [3.63, 3.8) is 0 Å². The lowest BCUT2D eigenvalue weighted by Crippen LogP contribution is -2.27. The highest BCUT2D eigenvalue weighted by Gasteiger charge is 2.16. The number of rotatable bonds is 3. The molecule has 19 heavy (non-hydrogen) atoms. The van der Waals surface area contributed by atoms with E-state index >= 15 is 0 Å². The van der Waals surface area contributed by atoms with Gasteiger partial charge in [-0.2, -0.15) is 5.10 Å². The van der Waals surface area contributed by atoms with E-state index in [-0.39, 0.29) is 11.9 Å². The Hall–Kier alpha value is -2.10. The fourth-order valence-corrected chi connectivity index (χ4v) is 2.12. The van der Waals surface area contributed by atoms with Crippen molar-refractivity contribution in [3.8, 4) is 0 Å². The molecule has 1 N–H and O–H groups in total. The molecule has 0 saturated carbocycles. The van der Waals surface area contributed by atoms with Gasteiger partial charge < -0.3 is 5.32 Å². The molecule has 0 radical (unpaired) electrons. The minimum absolute atomic E-state index is 0.0474. The Bertz CT molecular complexity index is 601. The van der Waals surface area contributed by atoms with Crippen LogP contribution in [0.2, 0.25) is 0 Å². The van der Waals surface area contributed by atoms with Gasteiger partial charge in [0.1, 0.15) is 0 Å². The highest BCUT2D eigenvalue weighted by molar-refractivity contribution is 5.95. The van der Waals surface area contributed by atoms with Crippen LogP contribution in [0.5, 0.6) is 0 Å². The third kappa shape index (κ3) is 2.67. The van der Waals surface area contributed by atoms with Crippen LogP contribution in [0.4, 0.5) is 0 Å². The van der Waals surface area contributed by atoms with Gasteiger partial charge in [0, 0.05) is 23.9 Å². The monoisotopic (exact) mass is 257 g/mol. The van der Waals surface area contributed by atoms with Crippen molar-refractivity contribution < 1.29 is 4.79 Å². The van der Waals surface area contributed by atoms with E-state index in [9.17, 15) is 4.79 Å². The summed E-state index contributed by atoms with van der Waals surface area (Å²) in [7, 11) is 1.90. The maximum absolute atomic E-state index is 12.2. The minimum atomic E-state index is -0.0548. The first-order chi connectivity index (χ1) is 9.00. The fourth-order valence-electron chi connectivity index (χ4n) is 2.12. The molecule has 1 aromatic carbocycles. The molecule has 0 aliphatic rings.